The molecule has 0 amide bonds. The lowest BCUT2D eigenvalue weighted by atomic mass is 10.1. The molecule has 0 aromatic rings. The molecule has 1 atom stereocenters. The molecule has 0 spiro atoms. The van der Waals surface area contributed by atoms with Crippen molar-refractivity contribution >= 4 is 14.3 Å². The standard InChI is InChI=1S/C27H52O3Si/c1-8-10-11-19-22-25(30-31(6,7)27(3,4)5)23-20-17-15-13-12-14-16-18-21-24-29-26(28)9-2/h9,17,20,25H,2,8,10-16,18-19,21-24H2,1,3-7H3. The highest BCUT2D eigenvalue weighted by molar-refractivity contribution is 6.74. The number of unbranched alkanes of at least 4 members (excludes halogenated alkanes) is 9. The van der Waals surface area contributed by atoms with Gasteiger partial charge in [0.1, 0.15) is 0 Å². The predicted octanol–water partition coefficient (Wildman–Crippen LogP) is 8.75. The van der Waals surface area contributed by atoms with Crippen molar-refractivity contribution in [1.29, 1.82) is 0 Å². The van der Waals surface area contributed by atoms with Gasteiger partial charge in [-0.2, -0.15) is 0 Å². The molecule has 0 aromatic heterocycles. The van der Waals surface area contributed by atoms with Gasteiger partial charge in [0.15, 0.2) is 8.32 Å². The number of ether oxygens (including phenoxy) is 1. The summed E-state index contributed by atoms with van der Waals surface area (Å²) < 4.78 is 11.7. The summed E-state index contributed by atoms with van der Waals surface area (Å²) >= 11 is 0. The van der Waals surface area contributed by atoms with Crippen molar-refractivity contribution < 1.29 is 14.0 Å². The summed E-state index contributed by atoms with van der Waals surface area (Å²) in [4.78, 5) is 11.0. The van der Waals surface area contributed by atoms with E-state index in [2.05, 4.69) is 59.5 Å². The Morgan fingerprint density at radius 1 is 0.935 bits per heavy atom. The van der Waals surface area contributed by atoms with Crippen LogP contribution in [0, 0.1) is 0 Å². The number of allylic oxidation sites excluding steroid dienone is 1. The average Bonchev–Trinajstić information content (AvgIpc) is 2.70. The first kappa shape index (κ1) is 30.1. The zero-order chi connectivity index (χ0) is 23.6. The quantitative estimate of drug-likeness (QED) is 0.0646. The molecule has 3 nitrogen and oxygen atoms in total. The monoisotopic (exact) mass is 452 g/mol. The van der Waals surface area contributed by atoms with Gasteiger partial charge in [-0.25, -0.2) is 4.79 Å². The SMILES string of the molecule is C=CC(=O)OCCCCCCCCC=CCC(CCCCCC)O[Si](C)(C)C(C)(C)C. The highest BCUT2D eigenvalue weighted by Gasteiger charge is 2.38. The van der Waals surface area contributed by atoms with Crippen LogP contribution in [0.25, 0.3) is 0 Å². The van der Waals surface area contributed by atoms with Crippen molar-refractivity contribution in [3.05, 3.63) is 24.8 Å². The van der Waals surface area contributed by atoms with Crippen LogP contribution in [0.5, 0.6) is 0 Å². The van der Waals surface area contributed by atoms with Gasteiger partial charge in [0.25, 0.3) is 0 Å². The van der Waals surface area contributed by atoms with E-state index in [0.29, 0.717) is 12.7 Å². The number of hydrogen-bond donors (Lipinski definition) is 0. The van der Waals surface area contributed by atoms with Gasteiger partial charge in [0, 0.05) is 12.2 Å². The van der Waals surface area contributed by atoms with Gasteiger partial charge in [0.2, 0.25) is 0 Å². The van der Waals surface area contributed by atoms with Crippen LogP contribution in [-0.4, -0.2) is 27.0 Å². The smallest absolute Gasteiger partial charge is 0.330 e. The van der Waals surface area contributed by atoms with Crippen molar-refractivity contribution in [2.45, 2.75) is 135 Å². The average molecular weight is 453 g/mol. The Labute approximate surface area is 195 Å². The summed E-state index contributed by atoms with van der Waals surface area (Å²) in [6.45, 7) is 17.9. The van der Waals surface area contributed by atoms with Crippen LogP contribution >= 0.6 is 0 Å². The zero-order valence-corrected chi connectivity index (χ0v) is 22.6. The van der Waals surface area contributed by atoms with Gasteiger partial charge in [-0.05, 0) is 50.2 Å². The second-order valence-electron chi connectivity index (χ2n) is 10.3. The van der Waals surface area contributed by atoms with E-state index >= 15 is 0 Å². The third kappa shape index (κ3) is 16.4. The summed E-state index contributed by atoms with van der Waals surface area (Å²) in [6, 6.07) is 0. The Kier molecular flexibility index (Phi) is 17.2. The highest BCUT2D eigenvalue weighted by atomic mass is 28.4. The van der Waals surface area contributed by atoms with Gasteiger partial charge < -0.3 is 9.16 Å². The molecule has 0 aromatic carbocycles. The molecule has 0 aliphatic heterocycles. The maximum atomic E-state index is 11.0. The molecule has 1 unspecified atom stereocenters. The molecule has 0 rings (SSSR count). The summed E-state index contributed by atoms with van der Waals surface area (Å²) in [7, 11) is -1.71. The lowest BCUT2D eigenvalue weighted by Crippen LogP contribution is -2.43. The zero-order valence-electron chi connectivity index (χ0n) is 21.6. The first-order chi connectivity index (χ1) is 14.6. The molecule has 0 aliphatic carbocycles. The number of esters is 1. The maximum absolute atomic E-state index is 11.0. The molecule has 0 saturated carbocycles. The Morgan fingerprint density at radius 2 is 1.55 bits per heavy atom. The van der Waals surface area contributed by atoms with Gasteiger partial charge >= 0.3 is 5.97 Å². The van der Waals surface area contributed by atoms with E-state index < -0.39 is 8.32 Å². The van der Waals surface area contributed by atoms with E-state index in [1.807, 2.05) is 0 Å². The molecule has 0 heterocycles. The predicted molar refractivity (Wildman–Crippen MR) is 138 cm³/mol. The van der Waals surface area contributed by atoms with E-state index in [1.165, 1.54) is 70.3 Å². The molecule has 0 fully saturated rings. The summed E-state index contributed by atoms with van der Waals surface area (Å²) in [5, 5.41) is 0.270. The molecular weight excluding hydrogens is 400 g/mol. The molecule has 182 valence electrons. The fraction of sp³-hybridized carbons (Fsp3) is 0.815. The lowest BCUT2D eigenvalue weighted by Gasteiger charge is -2.39. The number of carbonyl (C=O) groups is 1. The van der Waals surface area contributed by atoms with E-state index in [9.17, 15) is 4.79 Å². The second-order valence-corrected chi connectivity index (χ2v) is 15.1. The van der Waals surface area contributed by atoms with Crippen molar-refractivity contribution in [3.63, 3.8) is 0 Å². The molecule has 0 aliphatic rings. The Hall–Kier alpha value is -0.873. The summed E-state index contributed by atoms with van der Waals surface area (Å²) in [5.41, 5.74) is 0. The first-order valence-corrected chi connectivity index (χ1v) is 15.7. The van der Waals surface area contributed by atoms with Gasteiger partial charge in [-0.3, -0.25) is 0 Å². The maximum Gasteiger partial charge on any atom is 0.330 e. The van der Waals surface area contributed by atoms with Gasteiger partial charge in [-0.15, -0.1) is 0 Å². The summed E-state index contributed by atoms with van der Waals surface area (Å²) in [5.74, 6) is -0.315. The minimum Gasteiger partial charge on any atom is -0.463 e. The van der Waals surface area contributed by atoms with E-state index in [4.69, 9.17) is 9.16 Å². The minimum atomic E-state index is -1.71. The molecule has 0 radical (unpaired) electrons. The Bertz CT molecular complexity index is 491. The van der Waals surface area contributed by atoms with Crippen LogP contribution in [0.2, 0.25) is 18.1 Å². The largest absolute Gasteiger partial charge is 0.463 e. The molecule has 0 bridgehead atoms. The Morgan fingerprint density at radius 3 is 2.16 bits per heavy atom. The van der Waals surface area contributed by atoms with Crippen molar-refractivity contribution in [2.24, 2.45) is 0 Å². The topological polar surface area (TPSA) is 35.5 Å². The van der Waals surface area contributed by atoms with Crippen LogP contribution in [0.4, 0.5) is 0 Å². The van der Waals surface area contributed by atoms with Crippen molar-refractivity contribution in [1.82, 2.24) is 0 Å². The first-order valence-electron chi connectivity index (χ1n) is 12.8. The van der Waals surface area contributed by atoms with Gasteiger partial charge in [-0.1, -0.05) is 97.8 Å². The number of hydrogen-bond acceptors (Lipinski definition) is 3. The molecule has 4 heteroatoms. The molecule has 0 saturated heterocycles. The van der Waals surface area contributed by atoms with Crippen LogP contribution < -0.4 is 0 Å². The van der Waals surface area contributed by atoms with E-state index in [-0.39, 0.29) is 11.0 Å². The molecule has 31 heavy (non-hydrogen) atoms. The summed E-state index contributed by atoms with van der Waals surface area (Å²) in [6.07, 6.45) is 22.1. The van der Waals surface area contributed by atoms with Crippen LogP contribution in [0.15, 0.2) is 24.8 Å². The second kappa shape index (κ2) is 17.7. The fourth-order valence-corrected chi connectivity index (χ4v) is 4.69. The molecular formula is C27H52O3Si. The van der Waals surface area contributed by atoms with Crippen LogP contribution in [0.3, 0.4) is 0 Å². The highest BCUT2D eigenvalue weighted by Crippen LogP contribution is 2.38. The van der Waals surface area contributed by atoms with Crippen LogP contribution in [-0.2, 0) is 14.0 Å². The Balaban J connectivity index is 4.07. The normalized spacial score (nSPS) is 13.5. The van der Waals surface area contributed by atoms with E-state index in [0.717, 1.165) is 19.3 Å². The van der Waals surface area contributed by atoms with Gasteiger partial charge in [0.05, 0.1) is 6.61 Å². The molecule has 0 N–H and O–H groups in total. The van der Waals surface area contributed by atoms with Crippen molar-refractivity contribution in [3.8, 4) is 0 Å². The minimum absolute atomic E-state index is 0.270. The lowest BCUT2D eigenvalue weighted by molar-refractivity contribution is -0.137. The third-order valence-electron chi connectivity index (χ3n) is 6.39. The fourth-order valence-electron chi connectivity index (χ4n) is 3.29. The van der Waals surface area contributed by atoms with E-state index in [1.54, 1.807) is 0 Å². The van der Waals surface area contributed by atoms with Crippen LogP contribution in [0.1, 0.15) is 111 Å². The number of carbonyl (C=O) groups excluding carboxylic acids is 1. The number of rotatable bonds is 19. The van der Waals surface area contributed by atoms with Crippen molar-refractivity contribution in [2.75, 3.05) is 6.61 Å². The third-order valence-corrected chi connectivity index (χ3v) is 10.9.